The van der Waals surface area contributed by atoms with Crippen molar-refractivity contribution in [1.82, 2.24) is 0 Å². The maximum Gasteiger partial charge on any atom is 0.255 e. The lowest BCUT2D eigenvalue weighted by atomic mass is 10.2. The molecule has 0 aliphatic rings. The van der Waals surface area contributed by atoms with Crippen molar-refractivity contribution in [3.63, 3.8) is 0 Å². The highest BCUT2D eigenvalue weighted by molar-refractivity contribution is 6.45. The number of carbonyl (C=O) groups is 1. The standard InChI is InChI=1S/C13H7Cl5N2O/c14-6-3-8(16)11(4-7(6)15)20-13(21)5-1-9(17)12(18)10(19)2-5/h1-4H,19H2,(H,20,21). The molecule has 0 aliphatic heterocycles. The molecule has 0 aliphatic carbocycles. The van der Waals surface area contributed by atoms with Gasteiger partial charge in [-0.25, -0.2) is 0 Å². The summed E-state index contributed by atoms with van der Waals surface area (Å²) in [6, 6.07) is 5.70. The largest absolute Gasteiger partial charge is 0.397 e. The van der Waals surface area contributed by atoms with E-state index >= 15 is 0 Å². The zero-order valence-corrected chi connectivity index (χ0v) is 14.0. The van der Waals surface area contributed by atoms with Gasteiger partial charge in [0.25, 0.3) is 5.91 Å². The van der Waals surface area contributed by atoms with Gasteiger partial charge in [-0.05, 0) is 24.3 Å². The summed E-state index contributed by atoms with van der Waals surface area (Å²) in [5.41, 5.74) is 6.43. The predicted octanol–water partition coefficient (Wildman–Crippen LogP) is 5.79. The monoisotopic (exact) mass is 382 g/mol. The zero-order chi connectivity index (χ0) is 15.7. The van der Waals surface area contributed by atoms with E-state index in [9.17, 15) is 4.79 Å². The van der Waals surface area contributed by atoms with Crippen molar-refractivity contribution in [1.29, 1.82) is 0 Å². The molecule has 0 heterocycles. The molecule has 1 amide bonds. The average molecular weight is 384 g/mol. The van der Waals surface area contributed by atoms with E-state index < -0.39 is 5.91 Å². The van der Waals surface area contributed by atoms with E-state index in [1.807, 2.05) is 0 Å². The molecule has 0 spiro atoms. The van der Waals surface area contributed by atoms with Crippen molar-refractivity contribution in [2.24, 2.45) is 0 Å². The first-order valence-corrected chi connectivity index (χ1v) is 7.39. The van der Waals surface area contributed by atoms with Crippen LogP contribution in [0.1, 0.15) is 10.4 Å². The Labute approximate surface area is 145 Å². The quantitative estimate of drug-likeness (QED) is 0.509. The Bertz CT molecular complexity index is 710. The van der Waals surface area contributed by atoms with Gasteiger partial charge in [0, 0.05) is 5.56 Å². The molecule has 21 heavy (non-hydrogen) atoms. The zero-order valence-electron chi connectivity index (χ0n) is 10.2. The fraction of sp³-hybridized carbons (Fsp3) is 0. The first-order valence-electron chi connectivity index (χ1n) is 5.50. The van der Waals surface area contributed by atoms with Gasteiger partial charge in [-0.3, -0.25) is 4.79 Å². The fourth-order valence-electron chi connectivity index (χ4n) is 1.55. The van der Waals surface area contributed by atoms with Crippen LogP contribution in [-0.4, -0.2) is 5.91 Å². The highest BCUT2D eigenvalue weighted by Crippen LogP contribution is 2.33. The molecular weight excluding hydrogens is 377 g/mol. The summed E-state index contributed by atoms with van der Waals surface area (Å²) in [6.45, 7) is 0. The van der Waals surface area contributed by atoms with E-state index in [1.165, 1.54) is 24.3 Å². The van der Waals surface area contributed by atoms with Gasteiger partial charge >= 0.3 is 0 Å². The fourth-order valence-corrected chi connectivity index (χ4v) is 2.48. The van der Waals surface area contributed by atoms with E-state index in [0.29, 0.717) is 10.7 Å². The number of rotatable bonds is 2. The van der Waals surface area contributed by atoms with Crippen molar-refractivity contribution in [2.45, 2.75) is 0 Å². The summed E-state index contributed by atoms with van der Waals surface area (Å²) in [6.07, 6.45) is 0. The van der Waals surface area contributed by atoms with Gasteiger partial charge in [0.2, 0.25) is 0 Å². The van der Waals surface area contributed by atoms with Crippen LogP contribution in [-0.2, 0) is 0 Å². The number of anilines is 2. The number of carbonyl (C=O) groups excluding carboxylic acids is 1. The molecule has 0 saturated heterocycles. The molecule has 0 aromatic heterocycles. The van der Waals surface area contributed by atoms with Gasteiger partial charge in [-0.1, -0.05) is 58.0 Å². The Hall–Kier alpha value is -0.840. The van der Waals surface area contributed by atoms with E-state index in [0.717, 1.165) is 0 Å². The summed E-state index contributed by atoms with van der Waals surface area (Å²) < 4.78 is 0. The Morgan fingerprint density at radius 3 is 2.10 bits per heavy atom. The third kappa shape index (κ3) is 3.68. The Morgan fingerprint density at radius 2 is 1.48 bits per heavy atom. The first kappa shape index (κ1) is 16.5. The number of nitrogens with two attached hydrogens (primary N) is 1. The number of nitrogen functional groups attached to an aromatic ring is 1. The van der Waals surface area contributed by atoms with Crippen molar-refractivity contribution in [2.75, 3.05) is 11.1 Å². The molecule has 3 nitrogen and oxygen atoms in total. The minimum atomic E-state index is -0.458. The van der Waals surface area contributed by atoms with Gasteiger partial charge < -0.3 is 11.1 Å². The SMILES string of the molecule is Nc1cc(C(=O)Nc2cc(Cl)c(Cl)cc2Cl)cc(Cl)c1Cl. The molecule has 0 atom stereocenters. The van der Waals surface area contributed by atoms with Crippen molar-refractivity contribution >= 4 is 75.3 Å². The van der Waals surface area contributed by atoms with Crippen LogP contribution in [0.3, 0.4) is 0 Å². The second-order valence-corrected chi connectivity index (χ2v) is 6.07. The minimum Gasteiger partial charge on any atom is -0.397 e. The molecular formula is C13H7Cl5N2O. The van der Waals surface area contributed by atoms with Gasteiger partial charge in [0.05, 0.1) is 36.5 Å². The van der Waals surface area contributed by atoms with Crippen LogP contribution in [0.5, 0.6) is 0 Å². The number of halogens is 5. The molecule has 0 fully saturated rings. The second-order valence-electron chi connectivity index (χ2n) is 4.06. The Kier molecular flexibility index (Phi) is 5.12. The summed E-state index contributed by atoms with van der Waals surface area (Å²) >= 11 is 29.4. The van der Waals surface area contributed by atoms with E-state index in [2.05, 4.69) is 5.32 Å². The molecule has 8 heteroatoms. The van der Waals surface area contributed by atoms with Crippen molar-refractivity contribution < 1.29 is 4.79 Å². The van der Waals surface area contributed by atoms with Crippen LogP contribution in [0, 0.1) is 0 Å². The van der Waals surface area contributed by atoms with Crippen LogP contribution in [0.25, 0.3) is 0 Å². The van der Waals surface area contributed by atoms with Crippen LogP contribution in [0.4, 0.5) is 11.4 Å². The van der Waals surface area contributed by atoms with E-state index in [-0.39, 0.29) is 31.3 Å². The second kappa shape index (κ2) is 6.51. The number of hydrogen-bond acceptors (Lipinski definition) is 2. The van der Waals surface area contributed by atoms with Crippen molar-refractivity contribution in [3.8, 4) is 0 Å². The third-order valence-electron chi connectivity index (χ3n) is 2.58. The highest BCUT2D eigenvalue weighted by atomic mass is 35.5. The number of amides is 1. The molecule has 3 N–H and O–H groups in total. The van der Waals surface area contributed by atoms with Crippen LogP contribution < -0.4 is 11.1 Å². The Balaban J connectivity index is 2.32. The molecule has 0 saturated carbocycles. The van der Waals surface area contributed by atoms with Crippen LogP contribution in [0.15, 0.2) is 24.3 Å². The van der Waals surface area contributed by atoms with Crippen LogP contribution >= 0.6 is 58.0 Å². The van der Waals surface area contributed by atoms with E-state index in [1.54, 1.807) is 0 Å². The molecule has 0 unspecified atom stereocenters. The normalized spacial score (nSPS) is 10.5. The average Bonchev–Trinajstić information content (AvgIpc) is 2.41. The van der Waals surface area contributed by atoms with E-state index in [4.69, 9.17) is 63.7 Å². The van der Waals surface area contributed by atoms with Gasteiger partial charge in [-0.2, -0.15) is 0 Å². The molecule has 2 aromatic rings. The number of benzene rings is 2. The first-order chi connectivity index (χ1) is 9.79. The van der Waals surface area contributed by atoms with Crippen LogP contribution in [0.2, 0.25) is 25.1 Å². The molecule has 0 radical (unpaired) electrons. The summed E-state index contributed by atoms with van der Waals surface area (Å²) in [4.78, 5) is 12.2. The summed E-state index contributed by atoms with van der Waals surface area (Å²) in [7, 11) is 0. The minimum absolute atomic E-state index is 0.182. The number of nitrogens with one attached hydrogen (secondary N) is 1. The maximum absolute atomic E-state index is 12.2. The molecule has 2 aromatic carbocycles. The topological polar surface area (TPSA) is 55.1 Å². The van der Waals surface area contributed by atoms with Gasteiger partial charge in [0.15, 0.2) is 0 Å². The van der Waals surface area contributed by atoms with Gasteiger partial charge in [0.1, 0.15) is 0 Å². The lowest BCUT2D eigenvalue weighted by Crippen LogP contribution is -2.12. The third-order valence-corrected chi connectivity index (χ3v) is 4.43. The maximum atomic E-state index is 12.2. The lowest BCUT2D eigenvalue weighted by molar-refractivity contribution is 0.102. The highest BCUT2D eigenvalue weighted by Gasteiger charge is 2.14. The van der Waals surface area contributed by atoms with Gasteiger partial charge in [-0.15, -0.1) is 0 Å². The Morgan fingerprint density at radius 1 is 0.857 bits per heavy atom. The number of hydrogen-bond donors (Lipinski definition) is 2. The smallest absolute Gasteiger partial charge is 0.255 e. The lowest BCUT2D eigenvalue weighted by Gasteiger charge is -2.10. The molecule has 0 bridgehead atoms. The predicted molar refractivity (Wildman–Crippen MR) is 90.3 cm³/mol. The summed E-state index contributed by atoms with van der Waals surface area (Å²) in [5, 5.41) is 3.79. The van der Waals surface area contributed by atoms with Crippen molar-refractivity contribution in [3.05, 3.63) is 54.9 Å². The molecule has 2 rings (SSSR count). The summed E-state index contributed by atoms with van der Waals surface area (Å²) in [5.74, 6) is -0.458. The molecule has 110 valence electrons.